The van der Waals surface area contributed by atoms with Crippen LogP contribution in [-0.4, -0.2) is 12.8 Å². The molecule has 0 saturated heterocycles. The van der Waals surface area contributed by atoms with Crippen molar-refractivity contribution in [3.05, 3.63) is 30.3 Å². The van der Waals surface area contributed by atoms with Gasteiger partial charge < -0.3 is 4.74 Å². The molecule has 1 nitrogen and oxygen atoms in total. The van der Waals surface area contributed by atoms with Crippen molar-refractivity contribution in [1.29, 1.82) is 0 Å². The Hall–Kier alpha value is -0.550. The van der Waals surface area contributed by atoms with Gasteiger partial charge in [0.25, 0.3) is 0 Å². The first kappa shape index (κ1) is 8.55. The summed E-state index contributed by atoms with van der Waals surface area (Å²) in [5.74, 6) is 0.964. The number of rotatable bonds is 4. The maximum absolute atomic E-state index is 5.43. The van der Waals surface area contributed by atoms with Crippen molar-refractivity contribution in [2.24, 2.45) is 0 Å². The van der Waals surface area contributed by atoms with E-state index in [2.05, 4.69) is 9.24 Å². The highest BCUT2D eigenvalue weighted by molar-refractivity contribution is 7.16. The fourth-order valence-corrected chi connectivity index (χ4v) is 0.957. The van der Waals surface area contributed by atoms with Gasteiger partial charge in [0.15, 0.2) is 0 Å². The lowest BCUT2D eigenvalue weighted by atomic mass is 10.3. The molecule has 0 aliphatic carbocycles. The molecule has 0 saturated carbocycles. The molecule has 0 spiro atoms. The third kappa shape index (κ3) is 3.38. The van der Waals surface area contributed by atoms with E-state index in [0.717, 1.165) is 24.9 Å². The highest BCUT2D eigenvalue weighted by Gasteiger charge is 1.88. The predicted molar refractivity (Wildman–Crippen MR) is 51.1 cm³/mol. The first-order chi connectivity index (χ1) is 5.43. The van der Waals surface area contributed by atoms with E-state index in [9.17, 15) is 0 Å². The summed E-state index contributed by atoms with van der Waals surface area (Å²) < 4.78 is 5.43. The van der Waals surface area contributed by atoms with E-state index in [4.69, 9.17) is 4.74 Å². The topological polar surface area (TPSA) is 9.23 Å². The first-order valence-corrected chi connectivity index (χ1v) is 4.63. The third-order valence-corrected chi connectivity index (χ3v) is 1.77. The number of ether oxygens (including phenoxy) is 1. The van der Waals surface area contributed by atoms with Crippen LogP contribution >= 0.6 is 9.24 Å². The monoisotopic (exact) mass is 168 g/mol. The first-order valence-electron chi connectivity index (χ1n) is 3.81. The maximum atomic E-state index is 5.43. The van der Waals surface area contributed by atoms with Gasteiger partial charge in [0, 0.05) is 0 Å². The minimum Gasteiger partial charge on any atom is -0.494 e. The van der Waals surface area contributed by atoms with Gasteiger partial charge in [0.1, 0.15) is 5.75 Å². The molecule has 2 heteroatoms. The molecule has 1 atom stereocenters. The zero-order valence-electron chi connectivity index (χ0n) is 6.49. The van der Waals surface area contributed by atoms with Gasteiger partial charge in [-0.1, -0.05) is 18.2 Å². The Morgan fingerprint density at radius 3 is 2.55 bits per heavy atom. The van der Waals surface area contributed by atoms with E-state index < -0.39 is 0 Å². The van der Waals surface area contributed by atoms with Crippen LogP contribution in [-0.2, 0) is 0 Å². The van der Waals surface area contributed by atoms with E-state index >= 15 is 0 Å². The van der Waals surface area contributed by atoms with Crippen molar-refractivity contribution >= 4 is 9.24 Å². The normalized spacial score (nSPS) is 9.55. The molecule has 60 valence electrons. The molecule has 11 heavy (non-hydrogen) atoms. The average Bonchev–Trinajstić information content (AvgIpc) is 2.07. The fraction of sp³-hybridized carbons (Fsp3) is 0.333. The number of hydrogen-bond acceptors (Lipinski definition) is 1. The van der Waals surface area contributed by atoms with Gasteiger partial charge in [-0.3, -0.25) is 0 Å². The van der Waals surface area contributed by atoms with Crippen molar-refractivity contribution in [2.45, 2.75) is 6.42 Å². The lowest BCUT2D eigenvalue weighted by Crippen LogP contribution is -1.96. The molecule has 1 unspecified atom stereocenters. The molecule has 0 radical (unpaired) electrons. The second kappa shape index (κ2) is 5.15. The predicted octanol–water partition coefficient (Wildman–Crippen LogP) is 2.33. The minimum atomic E-state index is 0.813. The van der Waals surface area contributed by atoms with Gasteiger partial charge in [-0.25, -0.2) is 0 Å². The molecule has 1 aromatic rings. The maximum Gasteiger partial charge on any atom is 0.119 e. The average molecular weight is 168 g/mol. The summed E-state index contributed by atoms with van der Waals surface area (Å²) in [6.45, 7) is 0.813. The van der Waals surface area contributed by atoms with Gasteiger partial charge in [-0.05, 0) is 24.7 Å². The Balaban J connectivity index is 2.28. The largest absolute Gasteiger partial charge is 0.494 e. The van der Waals surface area contributed by atoms with E-state index in [1.54, 1.807) is 0 Å². The molecule has 0 N–H and O–H groups in total. The molecule has 0 bridgehead atoms. The number of hydrogen-bond donors (Lipinski definition) is 0. The van der Waals surface area contributed by atoms with Crippen LogP contribution in [0, 0.1) is 0 Å². The van der Waals surface area contributed by atoms with Crippen LogP contribution in [0.15, 0.2) is 30.3 Å². The number of benzene rings is 1. The van der Waals surface area contributed by atoms with Crippen molar-refractivity contribution in [2.75, 3.05) is 12.8 Å². The van der Waals surface area contributed by atoms with Gasteiger partial charge in [0.05, 0.1) is 6.61 Å². The van der Waals surface area contributed by atoms with Crippen molar-refractivity contribution in [3.63, 3.8) is 0 Å². The lowest BCUT2D eigenvalue weighted by molar-refractivity contribution is 0.318. The summed E-state index contributed by atoms with van der Waals surface area (Å²) in [6, 6.07) is 9.90. The summed E-state index contributed by atoms with van der Waals surface area (Å²) in [5, 5.41) is 0. The van der Waals surface area contributed by atoms with E-state index in [-0.39, 0.29) is 0 Å². The van der Waals surface area contributed by atoms with Crippen LogP contribution in [0.1, 0.15) is 6.42 Å². The molecule has 0 aliphatic heterocycles. The second-order valence-corrected chi connectivity index (χ2v) is 2.88. The summed E-state index contributed by atoms with van der Waals surface area (Å²) in [6.07, 6.45) is 2.20. The molecule has 0 amide bonds. The summed E-state index contributed by atoms with van der Waals surface area (Å²) in [4.78, 5) is 0. The smallest absolute Gasteiger partial charge is 0.119 e. The van der Waals surface area contributed by atoms with Gasteiger partial charge >= 0.3 is 0 Å². The molecule has 0 aromatic heterocycles. The Morgan fingerprint density at radius 1 is 1.18 bits per heavy atom. The molecule has 0 fully saturated rings. The molecule has 1 rings (SSSR count). The second-order valence-electron chi connectivity index (χ2n) is 2.30. The zero-order chi connectivity index (χ0) is 7.94. The SMILES string of the molecule is PCCCOc1ccccc1. The molecular weight excluding hydrogens is 155 g/mol. The Morgan fingerprint density at radius 2 is 1.91 bits per heavy atom. The van der Waals surface area contributed by atoms with Crippen molar-refractivity contribution in [3.8, 4) is 5.75 Å². The van der Waals surface area contributed by atoms with Crippen molar-refractivity contribution < 1.29 is 4.74 Å². The van der Waals surface area contributed by atoms with Crippen LogP contribution in [0.5, 0.6) is 5.75 Å². The van der Waals surface area contributed by atoms with Crippen LogP contribution in [0.3, 0.4) is 0 Å². The quantitative estimate of drug-likeness (QED) is 0.495. The summed E-state index contributed by atoms with van der Waals surface area (Å²) in [5.41, 5.74) is 0. The van der Waals surface area contributed by atoms with Gasteiger partial charge in [-0.2, -0.15) is 0 Å². The number of para-hydroxylation sites is 1. The van der Waals surface area contributed by atoms with E-state index in [1.807, 2.05) is 30.3 Å². The van der Waals surface area contributed by atoms with Gasteiger partial charge in [0.2, 0.25) is 0 Å². The summed E-state index contributed by atoms with van der Waals surface area (Å²) in [7, 11) is 2.69. The Labute approximate surface area is 70.0 Å². The molecule has 0 aliphatic rings. The molecule has 0 heterocycles. The fourth-order valence-electron chi connectivity index (χ4n) is 0.790. The highest BCUT2D eigenvalue weighted by Crippen LogP contribution is 2.08. The zero-order valence-corrected chi connectivity index (χ0v) is 7.65. The van der Waals surface area contributed by atoms with E-state index in [0.29, 0.717) is 0 Å². The molecule has 1 aromatic carbocycles. The Bertz CT molecular complexity index is 186. The van der Waals surface area contributed by atoms with E-state index in [1.165, 1.54) is 0 Å². The standard InChI is InChI=1S/C9H13OP/c11-8-4-7-10-9-5-2-1-3-6-9/h1-3,5-6H,4,7-8,11H2. The Kier molecular flexibility index (Phi) is 4.00. The van der Waals surface area contributed by atoms with Crippen LogP contribution < -0.4 is 4.74 Å². The minimum absolute atomic E-state index is 0.813. The van der Waals surface area contributed by atoms with Crippen LogP contribution in [0.25, 0.3) is 0 Å². The van der Waals surface area contributed by atoms with Gasteiger partial charge in [-0.15, -0.1) is 9.24 Å². The highest BCUT2D eigenvalue weighted by atomic mass is 31.0. The lowest BCUT2D eigenvalue weighted by Gasteiger charge is -2.03. The van der Waals surface area contributed by atoms with Crippen molar-refractivity contribution in [1.82, 2.24) is 0 Å². The molecular formula is C9H13OP. The van der Waals surface area contributed by atoms with Crippen LogP contribution in [0.4, 0.5) is 0 Å². The summed E-state index contributed by atoms with van der Waals surface area (Å²) >= 11 is 0. The van der Waals surface area contributed by atoms with Crippen LogP contribution in [0.2, 0.25) is 0 Å². The third-order valence-electron chi connectivity index (χ3n) is 1.36.